The molecule has 9 nitrogen and oxygen atoms in total. The number of nitrogens with zero attached hydrogens (tertiary/aromatic N) is 1. The fraction of sp³-hybridized carbons (Fsp3) is 0.318. The number of hydrogen-bond donors (Lipinski definition) is 2. The number of carbonyl (C=O) groups excluding carboxylic acids is 3. The van der Waals surface area contributed by atoms with Gasteiger partial charge in [0.05, 0.1) is 19.6 Å². The van der Waals surface area contributed by atoms with Gasteiger partial charge in [-0.3, -0.25) is 14.9 Å². The molecule has 3 amide bonds. The highest BCUT2D eigenvalue weighted by atomic mass is 16.6. The topological polar surface area (TPSA) is 106 Å². The zero-order valence-corrected chi connectivity index (χ0v) is 17.4. The molecule has 3 rings (SSSR count). The first kappa shape index (κ1) is 22.1. The second kappa shape index (κ2) is 10.4. The molecule has 1 saturated heterocycles. The predicted octanol–water partition coefficient (Wildman–Crippen LogP) is 2.88. The zero-order chi connectivity index (χ0) is 22.2. The predicted molar refractivity (Wildman–Crippen MR) is 115 cm³/mol. The van der Waals surface area contributed by atoms with E-state index in [1.165, 1.54) is 7.11 Å². The molecular weight excluding hydrogens is 402 g/mol. The van der Waals surface area contributed by atoms with Crippen LogP contribution in [0.4, 0.5) is 21.9 Å². The summed E-state index contributed by atoms with van der Waals surface area (Å²) in [4.78, 5) is 38.5. The molecular formula is C22H25N3O6. The van der Waals surface area contributed by atoms with Crippen LogP contribution in [0.2, 0.25) is 0 Å². The third-order valence-electron chi connectivity index (χ3n) is 4.78. The normalized spacial score (nSPS) is 15.5. The number of benzene rings is 2. The average Bonchev–Trinajstić information content (AvgIpc) is 3.16. The van der Waals surface area contributed by atoms with Crippen molar-refractivity contribution in [2.45, 2.75) is 6.42 Å². The Morgan fingerprint density at radius 3 is 2.42 bits per heavy atom. The van der Waals surface area contributed by atoms with E-state index in [4.69, 9.17) is 14.2 Å². The van der Waals surface area contributed by atoms with Crippen LogP contribution in [0.3, 0.4) is 0 Å². The number of ether oxygens (including phenoxy) is 3. The molecule has 164 valence electrons. The molecule has 1 unspecified atom stereocenters. The lowest BCUT2D eigenvalue weighted by atomic mass is 10.1. The summed E-state index contributed by atoms with van der Waals surface area (Å²) in [5.74, 6) is -0.158. The highest BCUT2D eigenvalue weighted by molar-refractivity contribution is 6.03. The monoisotopic (exact) mass is 427 g/mol. The average molecular weight is 427 g/mol. The number of methoxy groups -OCH3 is 2. The standard InChI is InChI=1S/C22H25N3O6/c1-29-10-11-31-22(28)24-17-5-3-4-16(13-17)23-21(27)15-12-20(26)25(14-15)18-6-8-19(30-2)9-7-18/h3-9,13,15H,10-12,14H2,1-2H3,(H,23,27)(H,24,28). The molecule has 2 aromatic carbocycles. The Labute approximate surface area is 180 Å². The van der Waals surface area contributed by atoms with Crippen molar-refractivity contribution in [3.05, 3.63) is 48.5 Å². The molecule has 0 radical (unpaired) electrons. The summed E-state index contributed by atoms with van der Waals surface area (Å²) < 4.78 is 14.9. The summed E-state index contributed by atoms with van der Waals surface area (Å²) in [7, 11) is 3.09. The van der Waals surface area contributed by atoms with E-state index >= 15 is 0 Å². The van der Waals surface area contributed by atoms with E-state index in [0.717, 1.165) is 5.69 Å². The molecule has 0 bridgehead atoms. The Kier molecular flexibility index (Phi) is 7.45. The van der Waals surface area contributed by atoms with E-state index < -0.39 is 12.0 Å². The van der Waals surface area contributed by atoms with Crippen molar-refractivity contribution in [3.8, 4) is 5.75 Å². The molecule has 0 spiro atoms. The Morgan fingerprint density at radius 2 is 1.74 bits per heavy atom. The van der Waals surface area contributed by atoms with Crippen LogP contribution in [-0.2, 0) is 19.1 Å². The minimum absolute atomic E-state index is 0.112. The molecule has 1 heterocycles. The Hall–Kier alpha value is -3.59. The molecule has 0 aliphatic carbocycles. The summed E-state index contributed by atoms with van der Waals surface area (Å²) in [6.07, 6.45) is -0.487. The Morgan fingerprint density at radius 1 is 1.03 bits per heavy atom. The van der Waals surface area contributed by atoms with Crippen LogP contribution < -0.4 is 20.3 Å². The van der Waals surface area contributed by atoms with Gasteiger partial charge in [-0.15, -0.1) is 0 Å². The molecule has 2 aromatic rings. The fourth-order valence-electron chi connectivity index (χ4n) is 3.19. The van der Waals surface area contributed by atoms with Gasteiger partial charge in [-0.1, -0.05) is 6.07 Å². The van der Waals surface area contributed by atoms with Gasteiger partial charge in [-0.2, -0.15) is 0 Å². The molecule has 9 heteroatoms. The maximum Gasteiger partial charge on any atom is 0.411 e. The third kappa shape index (κ3) is 5.95. The highest BCUT2D eigenvalue weighted by Gasteiger charge is 2.35. The van der Waals surface area contributed by atoms with Gasteiger partial charge in [0, 0.05) is 37.1 Å². The lowest BCUT2D eigenvalue weighted by Gasteiger charge is -2.17. The second-order valence-electron chi connectivity index (χ2n) is 6.93. The molecule has 0 saturated carbocycles. The van der Waals surface area contributed by atoms with Crippen molar-refractivity contribution in [2.75, 3.05) is 49.5 Å². The summed E-state index contributed by atoms with van der Waals surface area (Å²) >= 11 is 0. The van der Waals surface area contributed by atoms with Crippen molar-refractivity contribution >= 4 is 35.0 Å². The lowest BCUT2D eigenvalue weighted by Crippen LogP contribution is -2.28. The van der Waals surface area contributed by atoms with Crippen molar-refractivity contribution in [2.24, 2.45) is 5.92 Å². The molecule has 2 N–H and O–H groups in total. The highest BCUT2D eigenvalue weighted by Crippen LogP contribution is 2.28. The quantitative estimate of drug-likeness (QED) is 0.628. The molecule has 1 aliphatic heterocycles. The van der Waals surface area contributed by atoms with Crippen molar-refractivity contribution in [3.63, 3.8) is 0 Å². The van der Waals surface area contributed by atoms with Crippen molar-refractivity contribution in [1.82, 2.24) is 0 Å². The summed E-state index contributed by atoms with van der Waals surface area (Å²) in [6.45, 7) is 0.733. The summed E-state index contributed by atoms with van der Waals surface area (Å²) in [5.41, 5.74) is 1.71. The van der Waals surface area contributed by atoms with Gasteiger partial charge in [0.25, 0.3) is 0 Å². The first-order chi connectivity index (χ1) is 15.0. The number of rotatable bonds is 8. The largest absolute Gasteiger partial charge is 0.497 e. The van der Waals surface area contributed by atoms with E-state index in [1.807, 2.05) is 0 Å². The third-order valence-corrected chi connectivity index (χ3v) is 4.78. The maximum absolute atomic E-state index is 12.7. The Balaban J connectivity index is 1.57. The Bertz CT molecular complexity index is 931. The molecule has 31 heavy (non-hydrogen) atoms. The van der Waals surface area contributed by atoms with Crippen LogP contribution in [0.5, 0.6) is 5.75 Å². The van der Waals surface area contributed by atoms with Crippen molar-refractivity contribution in [1.29, 1.82) is 0 Å². The van der Waals surface area contributed by atoms with Crippen LogP contribution in [0.15, 0.2) is 48.5 Å². The number of anilines is 3. The van der Waals surface area contributed by atoms with Crippen LogP contribution >= 0.6 is 0 Å². The van der Waals surface area contributed by atoms with Crippen LogP contribution in [0, 0.1) is 5.92 Å². The van der Waals surface area contributed by atoms with Gasteiger partial charge < -0.3 is 24.4 Å². The van der Waals surface area contributed by atoms with Crippen LogP contribution in [0.1, 0.15) is 6.42 Å². The van der Waals surface area contributed by atoms with Crippen LogP contribution in [-0.4, -0.2) is 51.9 Å². The molecule has 1 aliphatic rings. The fourth-order valence-corrected chi connectivity index (χ4v) is 3.19. The number of hydrogen-bond acceptors (Lipinski definition) is 6. The first-order valence-electron chi connectivity index (χ1n) is 9.78. The summed E-state index contributed by atoms with van der Waals surface area (Å²) in [5, 5.41) is 5.40. The molecule has 1 atom stereocenters. The number of carbonyl (C=O) groups is 3. The second-order valence-corrected chi connectivity index (χ2v) is 6.93. The number of amides is 3. The lowest BCUT2D eigenvalue weighted by molar-refractivity contribution is -0.122. The number of nitrogens with one attached hydrogen (secondary N) is 2. The van der Waals surface area contributed by atoms with Gasteiger partial charge in [0.1, 0.15) is 12.4 Å². The molecule has 1 fully saturated rings. The minimum atomic E-state index is -0.614. The van der Waals surface area contributed by atoms with Gasteiger partial charge >= 0.3 is 6.09 Å². The first-order valence-corrected chi connectivity index (χ1v) is 9.78. The SMILES string of the molecule is COCCOC(=O)Nc1cccc(NC(=O)C2CC(=O)N(c3ccc(OC)cc3)C2)c1. The van der Waals surface area contributed by atoms with E-state index in [9.17, 15) is 14.4 Å². The van der Waals surface area contributed by atoms with E-state index in [1.54, 1.807) is 60.5 Å². The maximum atomic E-state index is 12.7. The van der Waals surface area contributed by atoms with E-state index in [-0.39, 0.29) is 24.8 Å². The van der Waals surface area contributed by atoms with Crippen molar-refractivity contribution < 1.29 is 28.6 Å². The van der Waals surface area contributed by atoms with Gasteiger partial charge in [-0.25, -0.2) is 4.79 Å². The van der Waals surface area contributed by atoms with Crippen LogP contribution in [0.25, 0.3) is 0 Å². The van der Waals surface area contributed by atoms with Gasteiger partial charge in [0.15, 0.2) is 0 Å². The van der Waals surface area contributed by atoms with E-state index in [2.05, 4.69) is 10.6 Å². The smallest absolute Gasteiger partial charge is 0.411 e. The van der Waals surface area contributed by atoms with Gasteiger partial charge in [0.2, 0.25) is 11.8 Å². The summed E-state index contributed by atoms with van der Waals surface area (Å²) in [6, 6.07) is 13.8. The van der Waals surface area contributed by atoms with Gasteiger partial charge in [-0.05, 0) is 42.5 Å². The zero-order valence-electron chi connectivity index (χ0n) is 17.4. The molecule has 0 aromatic heterocycles. The minimum Gasteiger partial charge on any atom is -0.497 e. The van der Waals surface area contributed by atoms with E-state index in [0.29, 0.717) is 30.3 Å².